The molecule has 6 nitrogen and oxygen atoms in total. The maximum Gasteiger partial charge on any atom is 0.310 e. The Kier molecular flexibility index (Phi) is 7.26. The number of hydrogen-bond acceptors (Lipinski definition) is 5. The smallest absolute Gasteiger partial charge is 0.310 e. The predicted molar refractivity (Wildman–Crippen MR) is 118 cm³/mol. The van der Waals surface area contributed by atoms with Crippen LogP contribution in [0.2, 0.25) is 0 Å². The van der Waals surface area contributed by atoms with Gasteiger partial charge in [-0.3, -0.25) is 14.4 Å². The number of benzene rings is 1. The summed E-state index contributed by atoms with van der Waals surface area (Å²) < 4.78 is 5.12. The third-order valence-corrected chi connectivity index (χ3v) is 6.12. The standard InChI is InChI=1S/C23H28N2O4S/c1-4-29-23(28)18-6-5-12-25(14-18)22(27)19-11-13-30-21(19)24-20(26)17-9-7-16(8-10-17)15(2)3/h7-11,13,15,18H,4-6,12,14H2,1-3H3,(H,24,26). The lowest BCUT2D eigenvalue weighted by molar-refractivity contribution is -0.149. The fourth-order valence-corrected chi connectivity index (χ4v) is 4.33. The zero-order valence-corrected chi connectivity index (χ0v) is 18.5. The van der Waals surface area contributed by atoms with Crippen LogP contribution in [-0.4, -0.2) is 42.4 Å². The van der Waals surface area contributed by atoms with E-state index >= 15 is 0 Å². The molecule has 1 aromatic heterocycles. The van der Waals surface area contributed by atoms with E-state index in [9.17, 15) is 14.4 Å². The van der Waals surface area contributed by atoms with Crippen LogP contribution >= 0.6 is 11.3 Å². The van der Waals surface area contributed by atoms with Crippen molar-refractivity contribution in [2.45, 2.75) is 39.5 Å². The number of nitrogens with zero attached hydrogens (tertiary/aromatic N) is 1. The Labute approximate surface area is 181 Å². The fourth-order valence-electron chi connectivity index (χ4n) is 3.55. The van der Waals surface area contributed by atoms with Crippen LogP contribution in [0, 0.1) is 5.92 Å². The van der Waals surface area contributed by atoms with Crippen LogP contribution in [0.25, 0.3) is 0 Å². The van der Waals surface area contributed by atoms with Crippen LogP contribution in [0.3, 0.4) is 0 Å². The molecule has 0 aliphatic carbocycles. The van der Waals surface area contributed by atoms with Crippen LogP contribution in [0.4, 0.5) is 5.00 Å². The number of thiophene rings is 1. The zero-order valence-electron chi connectivity index (χ0n) is 17.6. The first-order valence-electron chi connectivity index (χ1n) is 10.4. The quantitative estimate of drug-likeness (QED) is 0.686. The van der Waals surface area contributed by atoms with E-state index in [2.05, 4.69) is 19.2 Å². The second-order valence-corrected chi connectivity index (χ2v) is 8.65. The Morgan fingerprint density at radius 3 is 2.60 bits per heavy atom. The van der Waals surface area contributed by atoms with Crippen LogP contribution in [0.1, 0.15) is 65.8 Å². The van der Waals surface area contributed by atoms with Crippen molar-refractivity contribution in [3.63, 3.8) is 0 Å². The zero-order chi connectivity index (χ0) is 21.7. The molecular weight excluding hydrogens is 400 g/mol. The molecule has 1 N–H and O–H groups in total. The third-order valence-electron chi connectivity index (χ3n) is 5.29. The van der Waals surface area contributed by atoms with E-state index < -0.39 is 0 Å². The third kappa shape index (κ3) is 5.08. The molecule has 1 aliphatic rings. The van der Waals surface area contributed by atoms with Crippen molar-refractivity contribution in [2.24, 2.45) is 5.92 Å². The summed E-state index contributed by atoms with van der Waals surface area (Å²) in [5.74, 6) is -0.565. The summed E-state index contributed by atoms with van der Waals surface area (Å²) in [5.41, 5.74) is 2.17. The second kappa shape index (κ2) is 9.89. The minimum atomic E-state index is -0.293. The number of piperidine rings is 1. The molecule has 0 spiro atoms. The molecule has 1 atom stereocenters. The van der Waals surface area contributed by atoms with E-state index in [-0.39, 0.29) is 23.7 Å². The van der Waals surface area contributed by atoms with Gasteiger partial charge in [0.1, 0.15) is 5.00 Å². The van der Waals surface area contributed by atoms with Gasteiger partial charge in [-0.15, -0.1) is 11.3 Å². The van der Waals surface area contributed by atoms with Gasteiger partial charge < -0.3 is 15.0 Å². The average molecular weight is 429 g/mol. The summed E-state index contributed by atoms with van der Waals surface area (Å²) in [6, 6.07) is 9.22. The van der Waals surface area contributed by atoms with Gasteiger partial charge in [0.15, 0.2) is 0 Å². The normalized spacial score (nSPS) is 16.4. The highest BCUT2D eigenvalue weighted by atomic mass is 32.1. The Morgan fingerprint density at radius 2 is 1.93 bits per heavy atom. The van der Waals surface area contributed by atoms with Crippen molar-refractivity contribution in [1.29, 1.82) is 0 Å². The van der Waals surface area contributed by atoms with Crippen molar-refractivity contribution in [2.75, 3.05) is 25.0 Å². The summed E-state index contributed by atoms with van der Waals surface area (Å²) >= 11 is 1.32. The number of carbonyl (C=O) groups is 3. The van der Waals surface area contributed by atoms with Crippen LogP contribution in [0.5, 0.6) is 0 Å². The van der Waals surface area contributed by atoms with Gasteiger partial charge in [-0.05, 0) is 54.8 Å². The minimum absolute atomic E-state index is 0.171. The molecule has 3 rings (SSSR count). The molecule has 7 heteroatoms. The van der Waals surface area contributed by atoms with Crippen molar-refractivity contribution in [3.8, 4) is 0 Å². The molecule has 2 heterocycles. The Hall–Kier alpha value is -2.67. The van der Waals surface area contributed by atoms with Gasteiger partial charge >= 0.3 is 5.97 Å². The Balaban J connectivity index is 1.69. The van der Waals surface area contributed by atoms with E-state index in [4.69, 9.17) is 4.74 Å². The predicted octanol–water partition coefficient (Wildman–Crippen LogP) is 4.54. The summed E-state index contributed by atoms with van der Waals surface area (Å²) in [6.45, 7) is 7.26. The van der Waals surface area contributed by atoms with Crippen LogP contribution < -0.4 is 5.32 Å². The van der Waals surface area contributed by atoms with Crippen molar-refractivity contribution in [3.05, 3.63) is 52.4 Å². The number of anilines is 1. The monoisotopic (exact) mass is 428 g/mol. The molecule has 0 radical (unpaired) electrons. The SMILES string of the molecule is CCOC(=O)C1CCCN(C(=O)c2ccsc2NC(=O)c2ccc(C(C)C)cc2)C1. The summed E-state index contributed by atoms with van der Waals surface area (Å²) in [5, 5.41) is 5.18. The maximum atomic E-state index is 13.1. The van der Waals surface area contributed by atoms with Crippen molar-refractivity contribution in [1.82, 2.24) is 4.90 Å². The minimum Gasteiger partial charge on any atom is -0.466 e. The molecule has 1 unspecified atom stereocenters. The lowest BCUT2D eigenvalue weighted by Gasteiger charge is -2.31. The van der Waals surface area contributed by atoms with Gasteiger partial charge in [0.05, 0.1) is 18.1 Å². The second-order valence-electron chi connectivity index (χ2n) is 7.74. The van der Waals surface area contributed by atoms with E-state index in [1.54, 1.807) is 35.4 Å². The number of ether oxygens (including phenoxy) is 1. The molecule has 1 aromatic carbocycles. The number of carbonyl (C=O) groups excluding carboxylic acids is 3. The van der Waals surface area contributed by atoms with Crippen molar-refractivity contribution >= 4 is 34.1 Å². The molecule has 0 saturated carbocycles. The molecule has 0 bridgehead atoms. The van der Waals surface area contributed by atoms with E-state index in [0.717, 1.165) is 12.8 Å². The maximum absolute atomic E-state index is 13.1. The van der Waals surface area contributed by atoms with Crippen LogP contribution in [0.15, 0.2) is 35.7 Å². The number of nitrogens with one attached hydrogen (secondary N) is 1. The largest absolute Gasteiger partial charge is 0.466 e. The van der Waals surface area contributed by atoms with Gasteiger partial charge in [0, 0.05) is 18.7 Å². The van der Waals surface area contributed by atoms with Gasteiger partial charge in [-0.2, -0.15) is 0 Å². The number of hydrogen-bond donors (Lipinski definition) is 1. The first-order valence-corrected chi connectivity index (χ1v) is 11.2. The Bertz CT molecular complexity index is 904. The first-order chi connectivity index (χ1) is 14.4. The van der Waals surface area contributed by atoms with E-state index in [1.807, 2.05) is 12.1 Å². The lowest BCUT2D eigenvalue weighted by Crippen LogP contribution is -2.42. The highest BCUT2D eigenvalue weighted by Gasteiger charge is 2.31. The fraction of sp³-hybridized carbons (Fsp3) is 0.435. The Morgan fingerprint density at radius 1 is 1.20 bits per heavy atom. The number of likely N-dealkylation sites (tertiary alicyclic amines) is 1. The van der Waals surface area contributed by atoms with E-state index in [0.29, 0.717) is 41.7 Å². The highest BCUT2D eigenvalue weighted by Crippen LogP contribution is 2.28. The van der Waals surface area contributed by atoms with Crippen molar-refractivity contribution < 1.29 is 19.1 Å². The molecule has 2 amide bonds. The van der Waals surface area contributed by atoms with Gasteiger partial charge in [0.2, 0.25) is 0 Å². The molecule has 1 fully saturated rings. The first kappa shape index (κ1) is 22.0. The summed E-state index contributed by atoms with van der Waals surface area (Å²) in [6.07, 6.45) is 1.48. The average Bonchev–Trinajstić information content (AvgIpc) is 3.21. The highest BCUT2D eigenvalue weighted by molar-refractivity contribution is 7.14. The summed E-state index contributed by atoms with van der Waals surface area (Å²) in [4.78, 5) is 39.5. The van der Waals surface area contributed by atoms with Gasteiger partial charge in [-0.1, -0.05) is 26.0 Å². The molecule has 30 heavy (non-hydrogen) atoms. The summed E-state index contributed by atoms with van der Waals surface area (Å²) in [7, 11) is 0. The molecule has 2 aromatic rings. The molecule has 160 valence electrons. The van der Waals surface area contributed by atoms with Gasteiger partial charge in [0.25, 0.3) is 11.8 Å². The van der Waals surface area contributed by atoms with Gasteiger partial charge in [-0.25, -0.2) is 0 Å². The molecule has 1 saturated heterocycles. The molecule has 1 aliphatic heterocycles. The topological polar surface area (TPSA) is 75.7 Å². The lowest BCUT2D eigenvalue weighted by atomic mass is 9.97. The number of amides is 2. The number of esters is 1. The van der Waals surface area contributed by atoms with Crippen LogP contribution in [-0.2, 0) is 9.53 Å². The molecular formula is C23H28N2O4S. The van der Waals surface area contributed by atoms with E-state index in [1.165, 1.54) is 16.9 Å². The number of rotatable bonds is 6.